The number of guanidine groups is 1. The molecule has 0 amide bonds. The van der Waals surface area contributed by atoms with Crippen LogP contribution in [0.3, 0.4) is 0 Å². The van der Waals surface area contributed by atoms with Crippen LogP contribution < -0.4 is 10.6 Å². The van der Waals surface area contributed by atoms with Gasteiger partial charge in [-0.1, -0.05) is 36.6 Å². The zero-order valence-corrected chi connectivity index (χ0v) is 16.7. The van der Waals surface area contributed by atoms with Crippen LogP contribution in [0.4, 0.5) is 0 Å². The number of hydrogen-bond acceptors (Lipinski definition) is 2. The molecule has 2 rings (SSSR count). The second-order valence-electron chi connectivity index (χ2n) is 5.93. The van der Waals surface area contributed by atoms with Gasteiger partial charge >= 0.3 is 0 Å². The average Bonchev–Trinajstić information content (AvgIpc) is 2.94. The van der Waals surface area contributed by atoms with E-state index in [9.17, 15) is 5.11 Å². The Labute approximate surface area is 161 Å². The molecule has 130 valence electrons. The predicted molar refractivity (Wildman–Crippen MR) is 108 cm³/mol. The van der Waals surface area contributed by atoms with Crippen molar-refractivity contribution in [3.8, 4) is 0 Å². The second-order valence-corrected chi connectivity index (χ2v) is 6.37. The molecule has 4 nitrogen and oxygen atoms in total. The van der Waals surface area contributed by atoms with E-state index in [1.54, 1.807) is 0 Å². The minimum absolute atomic E-state index is 0. The van der Waals surface area contributed by atoms with Crippen molar-refractivity contribution >= 4 is 41.5 Å². The first-order valence-corrected chi connectivity index (χ1v) is 8.48. The van der Waals surface area contributed by atoms with Crippen LogP contribution in [0.15, 0.2) is 29.3 Å². The summed E-state index contributed by atoms with van der Waals surface area (Å²) in [6.07, 6.45) is 4.84. The van der Waals surface area contributed by atoms with Gasteiger partial charge in [0.15, 0.2) is 5.96 Å². The van der Waals surface area contributed by atoms with Gasteiger partial charge in [-0.15, -0.1) is 24.0 Å². The van der Waals surface area contributed by atoms with E-state index in [1.165, 1.54) is 5.56 Å². The fraction of sp³-hybridized carbons (Fsp3) is 0.588. The topological polar surface area (TPSA) is 56.7 Å². The van der Waals surface area contributed by atoms with Gasteiger partial charge in [0.25, 0.3) is 0 Å². The number of nitrogens with one attached hydrogen (secondary N) is 2. The first-order valence-electron chi connectivity index (χ1n) is 8.10. The quantitative estimate of drug-likeness (QED) is 0.353. The Hall–Kier alpha value is -0.530. The fourth-order valence-electron chi connectivity index (χ4n) is 2.74. The lowest BCUT2D eigenvalue weighted by Crippen LogP contribution is -2.40. The fourth-order valence-corrected chi connectivity index (χ4v) is 2.86. The largest absolute Gasteiger partial charge is 0.388 e. The SMILES string of the molecule is CCNC(=NCC1(O)CCCC1)NCCc1ccc(Cl)cc1.I. The summed E-state index contributed by atoms with van der Waals surface area (Å²) in [7, 11) is 0. The van der Waals surface area contributed by atoms with Crippen molar-refractivity contribution in [2.24, 2.45) is 4.99 Å². The molecule has 0 bridgehead atoms. The third-order valence-electron chi connectivity index (χ3n) is 4.03. The summed E-state index contributed by atoms with van der Waals surface area (Å²) in [6.45, 7) is 4.13. The number of nitrogens with zero attached hydrogens (tertiary/aromatic N) is 1. The molecule has 0 saturated heterocycles. The zero-order valence-electron chi connectivity index (χ0n) is 13.6. The third kappa shape index (κ3) is 7.27. The lowest BCUT2D eigenvalue weighted by atomic mass is 10.0. The molecule has 1 aromatic carbocycles. The van der Waals surface area contributed by atoms with Crippen LogP contribution in [0.25, 0.3) is 0 Å². The van der Waals surface area contributed by atoms with Gasteiger partial charge in [-0.3, -0.25) is 4.99 Å². The molecule has 0 spiro atoms. The van der Waals surface area contributed by atoms with Gasteiger partial charge in [-0.2, -0.15) is 0 Å². The smallest absolute Gasteiger partial charge is 0.191 e. The molecular weight excluding hydrogens is 425 g/mol. The monoisotopic (exact) mass is 451 g/mol. The summed E-state index contributed by atoms with van der Waals surface area (Å²) in [4.78, 5) is 4.54. The number of rotatable bonds is 6. The van der Waals surface area contributed by atoms with Crippen LogP contribution in [0, 0.1) is 0 Å². The van der Waals surface area contributed by atoms with Crippen molar-refractivity contribution < 1.29 is 5.11 Å². The van der Waals surface area contributed by atoms with Gasteiger partial charge in [-0.05, 0) is 43.9 Å². The van der Waals surface area contributed by atoms with Crippen molar-refractivity contribution in [3.05, 3.63) is 34.9 Å². The molecule has 0 heterocycles. The molecule has 1 aliphatic carbocycles. The van der Waals surface area contributed by atoms with Crippen molar-refractivity contribution in [1.82, 2.24) is 10.6 Å². The first kappa shape index (κ1) is 20.5. The van der Waals surface area contributed by atoms with Gasteiger partial charge in [0.2, 0.25) is 0 Å². The number of hydrogen-bond donors (Lipinski definition) is 3. The van der Waals surface area contributed by atoms with Crippen molar-refractivity contribution in [2.45, 2.75) is 44.6 Å². The van der Waals surface area contributed by atoms with E-state index in [1.807, 2.05) is 31.2 Å². The molecular formula is C17H27ClIN3O. The maximum absolute atomic E-state index is 10.4. The molecule has 0 atom stereocenters. The van der Waals surface area contributed by atoms with Gasteiger partial charge in [-0.25, -0.2) is 0 Å². The number of benzene rings is 1. The standard InChI is InChI=1S/C17H26ClN3O.HI/c1-2-19-16(21-13-17(22)10-3-4-11-17)20-12-9-14-5-7-15(18)8-6-14;/h5-8,22H,2-4,9-13H2,1H3,(H2,19,20,21);1H. The van der Waals surface area contributed by atoms with Gasteiger partial charge in [0, 0.05) is 18.1 Å². The summed E-state index contributed by atoms with van der Waals surface area (Å²) in [5.74, 6) is 0.775. The molecule has 0 unspecified atom stereocenters. The van der Waals surface area contributed by atoms with Gasteiger partial charge in [0.1, 0.15) is 0 Å². The van der Waals surface area contributed by atoms with Crippen LogP contribution in [0.5, 0.6) is 0 Å². The Morgan fingerprint density at radius 1 is 1.22 bits per heavy atom. The van der Waals surface area contributed by atoms with E-state index in [2.05, 4.69) is 15.6 Å². The van der Waals surface area contributed by atoms with E-state index in [0.717, 1.165) is 56.2 Å². The van der Waals surface area contributed by atoms with Crippen LogP contribution in [-0.4, -0.2) is 36.3 Å². The van der Waals surface area contributed by atoms with Crippen molar-refractivity contribution in [2.75, 3.05) is 19.6 Å². The molecule has 3 N–H and O–H groups in total. The molecule has 0 radical (unpaired) electrons. The summed E-state index contributed by atoms with van der Waals surface area (Å²) < 4.78 is 0. The van der Waals surface area contributed by atoms with E-state index in [0.29, 0.717) is 6.54 Å². The Morgan fingerprint density at radius 2 is 1.87 bits per heavy atom. The van der Waals surface area contributed by atoms with E-state index in [-0.39, 0.29) is 24.0 Å². The normalized spacial score (nSPS) is 16.7. The number of aliphatic hydroxyl groups is 1. The Kier molecular flexibility index (Phi) is 9.24. The molecule has 1 fully saturated rings. The highest BCUT2D eigenvalue weighted by Crippen LogP contribution is 2.29. The Bertz CT molecular complexity index is 487. The molecule has 1 aromatic rings. The highest BCUT2D eigenvalue weighted by Gasteiger charge is 2.30. The first-order chi connectivity index (χ1) is 10.6. The lowest BCUT2D eigenvalue weighted by molar-refractivity contribution is 0.0574. The lowest BCUT2D eigenvalue weighted by Gasteiger charge is -2.20. The summed E-state index contributed by atoms with van der Waals surface area (Å²) in [5, 5.41) is 17.7. The Morgan fingerprint density at radius 3 is 2.48 bits per heavy atom. The second kappa shape index (κ2) is 10.4. The molecule has 6 heteroatoms. The van der Waals surface area contributed by atoms with Gasteiger partial charge < -0.3 is 15.7 Å². The zero-order chi connectivity index (χ0) is 15.8. The number of aliphatic imine (C=N–C) groups is 1. The minimum Gasteiger partial charge on any atom is -0.388 e. The maximum atomic E-state index is 10.4. The Balaban J connectivity index is 0.00000264. The summed E-state index contributed by atoms with van der Waals surface area (Å²) in [6, 6.07) is 7.89. The molecule has 0 aromatic heterocycles. The third-order valence-corrected chi connectivity index (χ3v) is 4.28. The molecule has 0 aliphatic heterocycles. The minimum atomic E-state index is -0.599. The van der Waals surface area contributed by atoms with Crippen LogP contribution in [-0.2, 0) is 6.42 Å². The molecule has 1 aliphatic rings. The van der Waals surface area contributed by atoms with Crippen LogP contribution in [0.1, 0.15) is 38.2 Å². The number of halogens is 2. The summed E-state index contributed by atoms with van der Waals surface area (Å²) >= 11 is 5.89. The highest BCUT2D eigenvalue weighted by molar-refractivity contribution is 14.0. The molecule has 1 saturated carbocycles. The predicted octanol–water partition coefficient (Wildman–Crippen LogP) is 3.36. The van der Waals surface area contributed by atoms with Crippen molar-refractivity contribution in [1.29, 1.82) is 0 Å². The van der Waals surface area contributed by atoms with Crippen LogP contribution >= 0.6 is 35.6 Å². The van der Waals surface area contributed by atoms with Gasteiger partial charge in [0.05, 0.1) is 12.1 Å². The molecule has 23 heavy (non-hydrogen) atoms. The summed E-state index contributed by atoms with van der Waals surface area (Å²) in [5.41, 5.74) is 0.639. The highest BCUT2D eigenvalue weighted by atomic mass is 127. The average molecular weight is 452 g/mol. The van der Waals surface area contributed by atoms with E-state index in [4.69, 9.17) is 11.6 Å². The van der Waals surface area contributed by atoms with E-state index >= 15 is 0 Å². The van der Waals surface area contributed by atoms with E-state index < -0.39 is 5.60 Å². The van der Waals surface area contributed by atoms with Crippen LogP contribution in [0.2, 0.25) is 5.02 Å². The van der Waals surface area contributed by atoms with Crippen molar-refractivity contribution in [3.63, 3.8) is 0 Å². The maximum Gasteiger partial charge on any atom is 0.191 e.